The van der Waals surface area contributed by atoms with E-state index in [2.05, 4.69) is 19.9 Å². The first kappa shape index (κ1) is 17.6. The molecule has 2 aromatic rings. The number of aromatic nitrogens is 2. The van der Waals surface area contributed by atoms with Crippen molar-refractivity contribution in [1.82, 2.24) is 19.9 Å². The molecule has 25 heavy (non-hydrogen) atoms. The molecule has 1 aliphatic heterocycles. The van der Waals surface area contributed by atoms with Crippen LogP contribution < -0.4 is 4.74 Å². The zero-order valence-electron chi connectivity index (χ0n) is 15.0. The predicted octanol–water partition coefficient (Wildman–Crippen LogP) is 1.91. The van der Waals surface area contributed by atoms with Crippen LogP contribution in [0.5, 0.6) is 5.75 Å². The summed E-state index contributed by atoms with van der Waals surface area (Å²) in [7, 11) is 1.66. The summed E-state index contributed by atoms with van der Waals surface area (Å²) in [4.78, 5) is 20.6. The van der Waals surface area contributed by atoms with Crippen LogP contribution in [-0.2, 0) is 13.1 Å². The number of aryl methyl sites for hydroxylation is 1. The van der Waals surface area contributed by atoms with E-state index in [-0.39, 0.29) is 5.78 Å². The second-order valence-corrected chi connectivity index (χ2v) is 6.37. The number of nitrogens with zero attached hydrogens (tertiary/aromatic N) is 4. The van der Waals surface area contributed by atoms with E-state index in [1.807, 2.05) is 25.1 Å². The molecule has 0 radical (unpaired) electrons. The molecule has 0 saturated carbocycles. The molecule has 1 saturated heterocycles. The Hall–Kier alpha value is -2.25. The summed E-state index contributed by atoms with van der Waals surface area (Å²) in [5.41, 5.74) is 1.78. The van der Waals surface area contributed by atoms with Crippen molar-refractivity contribution in [2.75, 3.05) is 33.3 Å². The molecule has 1 fully saturated rings. The van der Waals surface area contributed by atoms with Crippen molar-refractivity contribution in [3.63, 3.8) is 0 Å². The molecule has 1 aromatic heterocycles. The third-order valence-corrected chi connectivity index (χ3v) is 4.47. The number of hydrogen-bond acceptors (Lipinski definition) is 7. The van der Waals surface area contributed by atoms with Gasteiger partial charge in [-0.1, -0.05) is 5.16 Å². The molecule has 0 bridgehead atoms. The largest absolute Gasteiger partial charge is 0.496 e. The lowest BCUT2D eigenvalue weighted by molar-refractivity contribution is 0.101. The summed E-state index contributed by atoms with van der Waals surface area (Å²) < 4.78 is 10.6. The molecule has 0 aliphatic carbocycles. The maximum atomic E-state index is 11.6. The van der Waals surface area contributed by atoms with Gasteiger partial charge in [-0.2, -0.15) is 4.98 Å². The summed E-state index contributed by atoms with van der Waals surface area (Å²) in [5.74, 6) is 2.24. The smallest absolute Gasteiger partial charge is 0.240 e. The maximum absolute atomic E-state index is 11.6. The van der Waals surface area contributed by atoms with Crippen LogP contribution in [0, 0.1) is 6.92 Å². The summed E-state index contributed by atoms with van der Waals surface area (Å²) in [6.07, 6.45) is 0. The Bertz CT molecular complexity index is 736. The number of rotatable bonds is 6. The van der Waals surface area contributed by atoms with Crippen LogP contribution in [0.15, 0.2) is 22.7 Å². The van der Waals surface area contributed by atoms with Gasteiger partial charge in [-0.05, 0) is 32.0 Å². The molecule has 7 nitrogen and oxygen atoms in total. The zero-order valence-corrected chi connectivity index (χ0v) is 15.0. The van der Waals surface area contributed by atoms with Crippen molar-refractivity contribution in [3.8, 4) is 5.75 Å². The predicted molar refractivity (Wildman–Crippen MR) is 92.6 cm³/mol. The van der Waals surface area contributed by atoms with Crippen molar-refractivity contribution in [2.24, 2.45) is 0 Å². The summed E-state index contributed by atoms with van der Waals surface area (Å²) >= 11 is 0. The van der Waals surface area contributed by atoms with Gasteiger partial charge in [0, 0.05) is 43.9 Å². The van der Waals surface area contributed by atoms with Gasteiger partial charge in [0.15, 0.2) is 11.6 Å². The van der Waals surface area contributed by atoms with Crippen molar-refractivity contribution in [1.29, 1.82) is 0 Å². The van der Waals surface area contributed by atoms with Crippen LogP contribution >= 0.6 is 0 Å². The second-order valence-electron chi connectivity index (χ2n) is 6.37. The Morgan fingerprint density at radius 3 is 2.44 bits per heavy atom. The van der Waals surface area contributed by atoms with E-state index in [0.29, 0.717) is 18.3 Å². The van der Waals surface area contributed by atoms with Crippen LogP contribution in [0.3, 0.4) is 0 Å². The number of carbonyl (C=O) groups excluding carboxylic acids is 1. The lowest BCUT2D eigenvalue weighted by Crippen LogP contribution is -2.45. The molecule has 7 heteroatoms. The Balaban J connectivity index is 1.58. The van der Waals surface area contributed by atoms with E-state index >= 15 is 0 Å². The summed E-state index contributed by atoms with van der Waals surface area (Å²) in [6.45, 7) is 8.65. The Morgan fingerprint density at radius 1 is 1.20 bits per heavy atom. The van der Waals surface area contributed by atoms with E-state index in [1.54, 1.807) is 14.0 Å². The first-order valence-electron chi connectivity index (χ1n) is 8.47. The lowest BCUT2D eigenvalue weighted by Gasteiger charge is -2.34. The van der Waals surface area contributed by atoms with Gasteiger partial charge in [-0.15, -0.1) is 0 Å². The number of ether oxygens (including phenoxy) is 1. The van der Waals surface area contributed by atoms with Gasteiger partial charge in [0.2, 0.25) is 5.89 Å². The van der Waals surface area contributed by atoms with Crippen molar-refractivity contribution in [2.45, 2.75) is 26.9 Å². The van der Waals surface area contributed by atoms with Crippen molar-refractivity contribution < 1.29 is 14.1 Å². The second kappa shape index (κ2) is 7.76. The SMILES string of the molecule is COc1ccc(C(C)=O)cc1CN1CCN(Cc2nc(C)no2)CC1. The number of methoxy groups -OCH3 is 1. The number of Topliss-reactive ketones (excluding diaryl/α,β-unsaturated/α-hetero) is 1. The molecular formula is C18H24N4O3. The van der Waals surface area contributed by atoms with Gasteiger partial charge in [0.25, 0.3) is 0 Å². The van der Waals surface area contributed by atoms with Gasteiger partial charge in [-0.25, -0.2) is 0 Å². The molecule has 0 unspecified atom stereocenters. The lowest BCUT2D eigenvalue weighted by atomic mass is 10.1. The fourth-order valence-electron chi connectivity index (χ4n) is 3.06. The number of ketones is 1. The van der Waals surface area contributed by atoms with Gasteiger partial charge < -0.3 is 9.26 Å². The fourth-order valence-corrected chi connectivity index (χ4v) is 3.06. The zero-order chi connectivity index (χ0) is 17.8. The number of carbonyl (C=O) groups is 1. The van der Waals surface area contributed by atoms with Crippen molar-refractivity contribution >= 4 is 5.78 Å². The van der Waals surface area contributed by atoms with Gasteiger partial charge in [0.1, 0.15) is 5.75 Å². The van der Waals surface area contributed by atoms with Crippen LogP contribution in [0.1, 0.15) is 34.6 Å². The van der Waals surface area contributed by atoms with Gasteiger partial charge in [-0.3, -0.25) is 14.6 Å². The minimum atomic E-state index is 0.0728. The molecule has 0 spiro atoms. The van der Waals surface area contributed by atoms with E-state index in [1.165, 1.54) is 0 Å². The number of benzene rings is 1. The highest BCUT2D eigenvalue weighted by Gasteiger charge is 2.20. The van der Waals surface area contributed by atoms with Gasteiger partial charge in [0.05, 0.1) is 13.7 Å². The molecule has 1 aromatic carbocycles. The molecule has 3 rings (SSSR count). The average molecular weight is 344 g/mol. The summed E-state index contributed by atoms with van der Waals surface area (Å²) in [6, 6.07) is 5.63. The Morgan fingerprint density at radius 2 is 1.88 bits per heavy atom. The Kier molecular flexibility index (Phi) is 5.45. The van der Waals surface area contributed by atoms with Crippen molar-refractivity contribution in [3.05, 3.63) is 41.0 Å². The molecule has 0 amide bonds. The monoisotopic (exact) mass is 344 g/mol. The maximum Gasteiger partial charge on any atom is 0.240 e. The minimum absolute atomic E-state index is 0.0728. The Labute approximate surface area is 147 Å². The molecule has 0 N–H and O–H groups in total. The first-order valence-corrected chi connectivity index (χ1v) is 8.47. The molecule has 0 atom stereocenters. The average Bonchev–Trinajstić information content (AvgIpc) is 3.01. The number of hydrogen-bond donors (Lipinski definition) is 0. The highest BCUT2D eigenvalue weighted by molar-refractivity contribution is 5.94. The van der Waals surface area contributed by atoms with E-state index in [4.69, 9.17) is 9.26 Å². The third-order valence-electron chi connectivity index (χ3n) is 4.47. The first-order chi connectivity index (χ1) is 12.0. The van der Waals surface area contributed by atoms with Crippen LogP contribution in [0.2, 0.25) is 0 Å². The molecule has 1 aliphatic rings. The van der Waals surface area contributed by atoms with E-state index in [0.717, 1.165) is 49.6 Å². The van der Waals surface area contributed by atoms with E-state index < -0.39 is 0 Å². The highest BCUT2D eigenvalue weighted by atomic mass is 16.5. The third kappa shape index (κ3) is 4.43. The molecule has 134 valence electrons. The van der Waals surface area contributed by atoms with E-state index in [9.17, 15) is 4.79 Å². The quantitative estimate of drug-likeness (QED) is 0.741. The molecule has 2 heterocycles. The fraction of sp³-hybridized carbons (Fsp3) is 0.500. The highest BCUT2D eigenvalue weighted by Crippen LogP contribution is 2.22. The van der Waals surface area contributed by atoms with Crippen LogP contribution in [-0.4, -0.2) is 59.0 Å². The standard InChI is InChI=1S/C18H24N4O3/c1-13(23)15-4-5-17(24-3)16(10-15)11-21-6-8-22(9-7-21)12-18-19-14(2)20-25-18/h4-5,10H,6-9,11-12H2,1-3H3. The minimum Gasteiger partial charge on any atom is -0.496 e. The van der Waals surface area contributed by atoms with Crippen LogP contribution in [0.4, 0.5) is 0 Å². The topological polar surface area (TPSA) is 71.7 Å². The summed E-state index contributed by atoms with van der Waals surface area (Å²) in [5, 5.41) is 3.83. The number of piperazine rings is 1. The van der Waals surface area contributed by atoms with Gasteiger partial charge >= 0.3 is 0 Å². The molecular weight excluding hydrogens is 320 g/mol. The van der Waals surface area contributed by atoms with Crippen LogP contribution in [0.25, 0.3) is 0 Å². The normalized spacial score (nSPS) is 16.1.